The van der Waals surface area contributed by atoms with Crippen LogP contribution in [0.25, 0.3) is 21.9 Å². The lowest BCUT2D eigenvalue weighted by atomic mass is 10.1. The second-order valence-corrected chi connectivity index (χ2v) is 6.86. The molecule has 5 aromatic rings. The van der Waals surface area contributed by atoms with Crippen LogP contribution in [0.1, 0.15) is 0 Å². The summed E-state index contributed by atoms with van der Waals surface area (Å²) in [6.45, 7) is 0. The molecule has 0 aliphatic carbocycles. The number of furan rings is 1. The lowest BCUT2D eigenvalue weighted by Gasteiger charge is -2.25. The van der Waals surface area contributed by atoms with Gasteiger partial charge in [0.25, 0.3) is 0 Å². The minimum absolute atomic E-state index is 0.722. The Morgan fingerprint density at radius 3 is 2.00 bits per heavy atom. The Labute approximate surface area is 162 Å². The van der Waals surface area contributed by atoms with E-state index in [-0.39, 0.29) is 0 Å². The molecule has 0 radical (unpaired) electrons. The van der Waals surface area contributed by atoms with E-state index < -0.39 is 0 Å². The summed E-state index contributed by atoms with van der Waals surface area (Å²) in [4.78, 5) is 2.20. The molecule has 0 aliphatic rings. The topological polar surface area (TPSA) is 16.4 Å². The number of hydrogen-bond acceptors (Lipinski definition) is 2. The first-order valence-electron chi connectivity index (χ1n) is 8.82. The highest BCUT2D eigenvalue weighted by Gasteiger charge is 2.14. The Bertz CT molecular complexity index is 1230. The van der Waals surface area contributed by atoms with Crippen LogP contribution in [0.2, 0.25) is 5.02 Å². The summed E-state index contributed by atoms with van der Waals surface area (Å²) in [5.74, 6) is 0. The average Bonchev–Trinajstić information content (AvgIpc) is 3.08. The number of hydrogen-bond donors (Lipinski definition) is 0. The number of nitrogens with zero attached hydrogens (tertiary/aromatic N) is 1. The molecule has 0 amide bonds. The first-order valence-corrected chi connectivity index (χ1v) is 9.19. The average molecular weight is 370 g/mol. The molecule has 4 aromatic carbocycles. The van der Waals surface area contributed by atoms with Crippen LogP contribution in [-0.4, -0.2) is 0 Å². The third-order valence-corrected chi connectivity index (χ3v) is 4.97. The first kappa shape index (κ1) is 16.0. The Kier molecular flexibility index (Phi) is 3.84. The molecular formula is C24H16ClNO. The number of fused-ring (bicyclic) bond motifs is 3. The van der Waals surface area contributed by atoms with E-state index in [2.05, 4.69) is 41.3 Å². The SMILES string of the molecule is Clc1ccc(N(c2ccccc2)c2ccc3c(c2)oc2ccccc23)cc1. The van der Waals surface area contributed by atoms with Gasteiger partial charge in [-0.2, -0.15) is 0 Å². The normalized spacial score (nSPS) is 11.1. The number of anilines is 3. The molecule has 0 aliphatic heterocycles. The van der Waals surface area contributed by atoms with Crippen LogP contribution in [0.3, 0.4) is 0 Å². The quantitative estimate of drug-likeness (QED) is 0.324. The van der Waals surface area contributed by atoms with Gasteiger partial charge in [0.1, 0.15) is 11.2 Å². The maximum atomic E-state index is 6.10. The van der Waals surface area contributed by atoms with Gasteiger partial charge in [-0.1, -0.05) is 48.0 Å². The summed E-state index contributed by atoms with van der Waals surface area (Å²) in [6, 6.07) is 32.6. The first-order chi connectivity index (χ1) is 13.3. The molecule has 0 fully saturated rings. The zero-order chi connectivity index (χ0) is 18.2. The van der Waals surface area contributed by atoms with Gasteiger partial charge in [-0.05, 0) is 54.6 Å². The van der Waals surface area contributed by atoms with E-state index in [9.17, 15) is 0 Å². The molecule has 0 N–H and O–H groups in total. The molecule has 130 valence electrons. The fourth-order valence-electron chi connectivity index (χ4n) is 3.47. The van der Waals surface area contributed by atoms with E-state index in [4.69, 9.17) is 16.0 Å². The largest absolute Gasteiger partial charge is 0.456 e. The lowest BCUT2D eigenvalue weighted by Crippen LogP contribution is -2.09. The van der Waals surface area contributed by atoms with Gasteiger partial charge in [0, 0.05) is 38.9 Å². The van der Waals surface area contributed by atoms with Crippen LogP contribution in [0.4, 0.5) is 17.1 Å². The number of para-hydroxylation sites is 2. The van der Waals surface area contributed by atoms with Crippen molar-refractivity contribution < 1.29 is 4.42 Å². The summed E-state index contributed by atoms with van der Waals surface area (Å²) >= 11 is 6.10. The molecule has 2 nitrogen and oxygen atoms in total. The van der Waals surface area contributed by atoms with E-state index >= 15 is 0 Å². The van der Waals surface area contributed by atoms with Gasteiger partial charge in [0.05, 0.1) is 0 Å². The molecule has 0 saturated carbocycles. The van der Waals surface area contributed by atoms with Crippen molar-refractivity contribution in [1.29, 1.82) is 0 Å². The third kappa shape index (κ3) is 2.84. The Balaban J connectivity index is 1.71. The smallest absolute Gasteiger partial charge is 0.137 e. The van der Waals surface area contributed by atoms with Crippen LogP contribution in [0, 0.1) is 0 Å². The number of halogens is 1. The van der Waals surface area contributed by atoms with Crippen LogP contribution in [0.15, 0.2) is 101 Å². The van der Waals surface area contributed by atoms with Gasteiger partial charge >= 0.3 is 0 Å². The highest BCUT2D eigenvalue weighted by atomic mass is 35.5. The lowest BCUT2D eigenvalue weighted by molar-refractivity contribution is 0.669. The van der Waals surface area contributed by atoms with Gasteiger partial charge in [-0.3, -0.25) is 0 Å². The van der Waals surface area contributed by atoms with Crippen molar-refractivity contribution in [3.05, 3.63) is 102 Å². The van der Waals surface area contributed by atoms with Crippen molar-refractivity contribution in [3.8, 4) is 0 Å². The van der Waals surface area contributed by atoms with E-state index in [1.54, 1.807) is 0 Å². The molecular weight excluding hydrogens is 354 g/mol. The fraction of sp³-hybridized carbons (Fsp3) is 0. The van der Waals surface area contributed by atoms with E-state index in [0.29, 0.717) is 0 Å². The molecule has 0 saturated heterocycles. The predicted molar refractivity (Wildman–Crippen MR) is 113 cm³/mol. The van der Waals surface area contributed by atoms with Gasteiger partial charge in [0.2, 0.25) is 0 Å². The van der Waals surface area contributed by atoms with Gasteiger partial charge in [0.15, 0.2) is 0 Å². The van der Waals surface area contributed by atoms with Crippen LogP contribution in [0.5, 0.6) is 0 Å². The van der Waals surface area contributed by atoms with Crippen molar-refractivity contribution >= 4 is 50.6 Å². The zero-order valence-electron chi connectivity index (χ0n) is 14.5. The summed E-state index contributed by atoms with van der Waals surface area (Å²) in [5, 5.41) is 2.98. The number of benzene rings is 4. The maximum Gasteiger partial charge on any atom is 0.137 e. The summed E-state index contributed by atoms with van der Waals surface area (Å²) < 4.78 is 6.09. The van der Waals surface area contributed by atoms with Crippen molar-refractivity contribution in [2.24, 2.45) is 0 Å². The maximum absolute atomic E-state index is 6.10. The van der Waals surface area contributed by atoms with Crippen molar-refractivity contribution in [2.45, 2.75) is 0 Å². The second-order valence-electron chi connectivity index (χ2n) is 6.43. The zero-order valence-corrected chi connectivity index (χ0v) is 15.2. The van der Waals surface area contributed by atoms with Crippen LogP contribution < -0.4 is 4.90 Å². The Hall–Kier alpha value is -3.23. The van der Waals surface area contributed by atoms with E-state index in [1.807, 2.05) is 60.7 Å². The molecule has 27 heavy (non-hydrogen) atoms. The summed E-state index contributed by atoms with van der Waals surface area (Å²) in [7, 11) is 0. The summed E-state index contributed by atoms with van der Waals surface area (Å²) in [6.07, 6.45) is 0. The molecule has 3 heteroatoms. The van der Waals surface area contributed by atoms with E-state index in [0.717, 1.165) is 44.0 Å². The van der Waals surface area contributed by atoms with Gasteiger partial charge in [-0.15, -0.1) is 0 Å². The monoisotopic (exact) mass is 369 g/mol. The van der Waals surface area contributed by atoms with Crippen LogP contribution in [-0.2, 0) is 0 Å². The summed E-state index contributed by atoms with van der Waals surface area (Å²) in [5.41, 5.74) is 4.94. The highest BCUT2D eigenvalue weighted by molar-refractivity contribution is 6.30. The fourth-order valence-corrected chi connectivity index (χ4v) is 3.59. The van der Waals surface area contributed by atoms with Gasteiger partial charge in [-0.25, -0.2) is 0 Å². The number of rotatable bonds is 3. The minimum Gasteiger partial charge on any atom is -0.456 e. The molecule has 5 rings (SSSR count). The molecule has 0 bridgehead atoms. The Morgan fingerprint density at radius 2 is 1.19 bits per heavy atom. The molecule has 0 atom stereocenters. The second kappa shape index (κ2) is 6.49. The van der Waals surface area contributed by atoms with Crippen molar-refractivity contribution in [3.63, 3.8) is 0 Å². The van der Waals surface area contributed by atoms with E-state index in [1.165, 1.54) is 0 Å². The molecule has 1 aromatic heterocycles. The van der Waals surface area contributed by atoms with Crippen LogP contribution >= 0.6 is 11.6 Å². The van der Waals surface area contributed by atoms with Crippen molar-refractivity contribution in [1.82, 2.24) is 0 Å². The highest BCUT2D eigenvalue weighted by Crippen LogP contribution is 2.38. The molecule has 0 spiro atoms. The van der Waals surface area contributed by atoms with Crippen molar-refractivity contribution in [2.75, 3.05) is 4.90 Å². The third-order valence-electron chi connectivity index (χ3n) is 4.72. The molecule has 1 heterocycles. The van der Waals surface area contributed by atoms with Gasteiger partial charge < -0.3 is 9.32 Å². The molecule has 0 unspecified atom stereocenters. The minimum atomic E-state index is 0.722. The Morgan fingerprint density at radius 1 is 0.556 bits per heavy atom. The standard InChI is InChI=1S/C24H16ClNO/c25-17-10-12-19(13-11-17)26(18-6-2-1-3-7-18)20-14-15-22-21-8-4-5-9-23(21)27-24(22)16-20/h1-16H. The predicted octanol–water partition coefficient (Wildman–Crippen LogP) is 7.71.